The van der Waals surface area contributed by atoms with Crippen molar-refractivity contribution in [3.63, 3.8) is 0 Å². The van der Waals surface area contributed by atoms with Gasteiger partial charge >= 0.3 is 0 Å². The number of rotatable bonds is 3. The molecular formula is C14H18N4O. The molecule has 0 saturated heterocycles. The smallest absolute Gasteiger partial charge is 0.251 e. The van der Waals surface area contributed by atoms with Gasteiger partial charge in [0.2, 0.25) is 0 Å². The van der Waals surface area contributed by atoms with E-state index in [2.05, 4.69) is 41.0 Å². The summed E-state index contributed by atoms with van der Waals surface area (Å²) in [5, 5.41) is 3.32. The van der Waals surface area contributed by atoms with Gasteiger partial charge in [-0.3, -0.25) is 9.78 Å². The lowest BCUT2D eigenvalue weighted by Crippen LogP contribution is -2.35. The number of hydrogen-bond acceptors (Lipinski definition) is 4. The van der Waals surface area contributed by atoms with Gasteiger partial charge in [-0.15, -0.1) is 0 Å². The van der Waals surface area contributed by atoms with Crippen molar-refractivity contribution in [2.75, 3.05) is 0 Å². The van der Waals surface area contributed by atoms with Crippen molar-refractivity contribution in [1.29, 1.82) is 0 Å². The Hall–Kier alpha value is -2.01. The van der Waals surface area contributed by atoms with Gasteiger partial charge in [-0.25, -0.2) is 4.98 Å². The molecule has 0 spiro atoms. The highest BCUT2D eigenvalue weighted by Gasteiger charge is 2.10. The molecule has 2 rings (SSSR count). The first-order valence-electron chi connectivity index (χ1n) is 6.20. The van der Waals surface area contributed by atoms with Crippen molar-refractivity contribution >= 4 is 0 Å². The van der Waals surface area contributed by atoms with Gasteiger partial charge in [-0.1, -0.05) is 0 Å². The van der Waals surface area contributed by atoms with E-state index >= 15 is 0 Å². The Morgan fingerprint density at radius 3 is 2.58 bits per heavy atom. The van der Waals surface area contributed by atoms with E-state index in [0.717, 1.165) is 11.3 Å². The van der Waals surface area contributed by atoms with Gasteiger partial charge in [0.25, 0.3) is 5.56 Å². The highest BCUT2D eigenvalue weighted by molar-refractivity contribution is 5.53. The first-order valence-corrected chi connectivity index (χ1v) is 6.20. The standard InChI is InChI=1S/C14H18N4O/c1-14(2,3)16-9-11-8-12(19)18-13(17-11)10-4-6-15-7-5-10/h4-8,16H,9H2,1-3H3,(H,17,18,19). The second kappa shape index (κ2) is 5.32. The monoisotopic (exact) mass is 258 g/mol. The van der Waals surface area contributed by atoms with Gasteiger partial charge in [0.05, 0.1) is 5.69 Å². The minimum atomic E-state index is -0.146. The summed E-state index contributed by atoms with van der Waals surface area (Å²) in [7, 11) is 0. The molecule has 0 unspecified atom stereocenters. The van der Waals surface area contributed by atoms with Crippen molar-refractivity contribution in [1.82, 2.24) is 20.3 Å². The Labute approximate surface area is 112 Å². The Bertz CT molecular complexity index is 599. The number of aromatic nitrogens is 3. The highest BCUT2D eigenvalue weighted by Crippen LogP contribution is 2.11. The summed E-state index contributed by atoms with van der Waals surface area (Å²) >= 11 is 0. The number of pyridine rings is 1. The van der Waals surface area contributed by atoms with Crippen LogP contribution in [0.3, 0.4) is 0 Å². The molecule has 100 valence electrons. The molecule has 5 heteroatoms. The SMILES string of the molecule is CC(C)(C)NCc1cc(=O)[nH]c(-c2ccncc2)n1. The Morgan fingerprint density at radius 1 is 1.26 bits per heavy atom. The maximum Gasteiger partial charge on any atom is 0.251 e. The van der Waals surface area contributed by atoms with Crippen LogP contribution in [0.1, 0.15) is 26.5 Å². The molecule has 0 bridgehead atoms. The van der Waals surface area contributed by atoms with Crippen LogP contribution < -0.4 is 10.9 Å². The van der Waals surface area contributed by atoms with Crippen LogP contribution in [0.25, 0.3) is 11.4 Å². The molecule has 0 saturated carbocycles. The molecule has 0 aromatic carbocycles. The summed E-state index contributed by atoms with van der Waals surface area (Å²) in [6.45, 7) is 6.78. The summed E-state index contributed by atoms with van der Waals surface area (Å²) in [6.07, 6.45) is 3.35. The lowest BCUT2D eigenvalue weighted by atomic mass is 10.1. The van der Waals surface area contributed by atoms with Gasteiger partial charge in [0.15, 0.2) is 0 Å². The second-order valence-corrected chi connectivity index (χ2v) is 5.42. The molecular weight excluding hydrogens is 240 g/mol. The third-order valence-electron chi connectivity index (χ3n) is 2.55. The summed E-state index contributed by atoms with van der Waals surface area (Å²) < 4.78 is 0. The molecule has 0 aliphatic rings. The predicted molar refractivity (Wildman–Crippen MR) is 74.7 cm³/mol. The summed E-state index contributed by atoms with van der Waals surface area (Å²) in [6, 6.07) is 5.15. The molecule has 0 atom stereocenters. The van der Waals surface area contributed by atoms with Gasteiger partial charge in [-0.2, -0.15) is 0 Å². The third kappa shape index (κ3) is 3.99. The molecule has 2 aromatic heterocycles. The maximum absolute atomic E-state index is 11.7. The van der Waals surface area contributed by atoms with Crippen LogP contribution in [0.15, 0.2) is 35.4 Å². The van der Waals surface area contributed by atoms with Crippen LogP contribution in [-0.2, 0) is 6.54 Å². The van der Waals surface area contributed by atoms with Gasteiger partial charge < -0.3 is 10.3 Å². The lowest BCUT2D eigenvalue weighted by molar-refractivity contribution is 0.421. The van der Waals surface area contributed by atoms with Gasteiger partial charge in [0.1, 0.15) is 5.82 Å². The average Bonchev–Trinajstić information content (AvgIpc) is 2.36. The van der Waals surface area contributed by atoms with E-state index < -0.39 is 0 Å². The fourth-order valence-corrected chi connectivity index (χ4v) is 1.60. The van der Waals surface area contributed by atoms with Gasteiger partial charge in [-0.05, 0) is 32.9 Å². The van der Waals surface area contributed by atoms with Crippen molar-refractivity contribution in [3.05, 3.63) is 46.6 Å². The van der Waals surface area contributed by atoms with Crippen LogP contribution in [0, 0.1) is 0 Å². The zero-order valence-corrected chi connectivity index (χ0v) is 11.4. The summed E-state index contributed by atoms with van der Waals surface area (Å²) in [4.78, 5) is 22.8. The Morgan fingerprint density at radius 2 is 1.95 bits per heavy atom. The van der Waals surface area contributed by atoms with E-state index in [9.17, 15) is 4.79 Å². The number of aromatic amines is 1. The van der Waals surface area contributed by atoms with Crippen LogP contribution >= 0.6 is 0 Å². The molecule has 0 radical (unpaired) electrons. The van der Waals surface area contributed by atoms with Crippen molar-refractivity contribution < 1.29 is 0 Å². The number of nitrogens with zero attached hydrogens (tertiary/aromatic N) is 2. The van der Waals surface area contributed by atoms with Crippen LogP contribution in [-0.4, -0.2) is 20.5 Å². The molecule has 5 nitrogen and oxygen atoms in total. The number of nitrogens with one attached hydrogen (secondary N) is 2. The van der Waals surface area contributed by atoms with Gasteiger partial charge in [0, 0.05) is 36.1 Å². The summed E-state index contributed by atoms with van der Waals surface area (Å²) in [5.41, 5.74) is 1.42. The van der Waals surface area contributed by atoms with E-state index in [4.69, 9.17) is 0 Å². The van der Waals surface area contributed by atoms with E-state index in [0.29, 0.717) is 12.4 Å². The van der Waals surface area contributed by atoms with E-state index in [1.807, 2.05) is 12.1 Å². The Kier molecular flexibility index (Phi) is 3.76. The first kappa shape index (κ1) is 13.4. The normalized spacial score (nSPS) is 11.5. The van der Waals surface area contributed by atoms with Crippen LogP contribution in [0.2, 0.25) is 0 Å². The van der Waals surface area contributed by atoms with E-state index in [1.54, 1.807) is 12.4 Å². The fraction of sp³-hybridized carbons (Fsp3) is 0.357. The Balaban J connectivity index is 2.28. The molecule has 2 N–H and O–H groups in total. The molecule has 19 heavy (non-hydrogen) atoms. The maximum atomic E-state index is 11.7. The zero-order chi connectivity index (χ0) is 13.9. The largest absolute Gasteiger partial charge is 0.307 e. The molecule has 0 fully saturated rings. The predicted octanol–water partition coefficient (Wildman–Crippen LogP) is 1.72. The molecule has 2 heterocycles. The number of hydrogen-bond donors (Lipinski definition) is 2. The van der Waals surface area contributed by atoms with Crippen LogP contribution in [0.5, 0.6) is 0 Å². The fourth-order valence-electron chi connectivity index (χ4n) is 1.60. The molecule has 0 amide bonds. The third-order valence-corrected chi connectivity index (χ3v) is 2.55. The summed E-state index contributed by atoms with van der Waals surface area (Å²) in [5.74, 6) is 0.570. The zero-order valence-electron chi connectivity index (χ0n) is 11.4. The highest BCUT2D eigenvalue weighted by atomic mass is 16.1. The molecule has 0 aliphatic heterocycles. The first-order chi connectivity index (χ1) is 8.94. The van der Waals surface area contributed by atoms with Crippen molar-refractivity contribution in [2.45, 2.75) is 32.9 Å². The van der Waals surface area contributed by atoms with Crippen LogP contribution in [0.4, 0.5) is 0 Å². The quantitative estimate of drug-likeness (QED) is 0.879. The lowest BCUT2D eigenvalue weighted by Gasteiger charge is -2.20. The minimum absolute atomic E-state index is 0.0128. The number of H-pyrrole nitrogens is 1. The topological polar surface area (TPSA) is 70.7 Å². The van der Waals surface area contributed by atoms with Crippen molar-refractivity contribution in [3.8, 4) is 11.4 Å². The van der Waals surface area contributed by atoms with E-state index in [-0.39, 0.29) is 11.1 Å². The van der Waals surface area contributed by atoms with E-state index in [1.165, 1.54) is 6.07 Å². The second-order valence-electron chi connectivity index (χ2n) is 5.42. The minimum Gasteiger partial charge on any atom is -0.307 e. The van der Waals surface area contributed by atoms with Crippen molar-refractivity contribution in [2.24, 2.45) is 0 Å². The molecule has 2 aromatic rings. The molecule has 0 aliphatic carbocycles. The average molecular weight is 258 g/mol.